The molecule has 0 saturated heterocycles. The van der Waals surface area contributed by atoms with Crippen LogP contribution in [0.5, 0.6) is 0 Å². The highest BCUT2D eigenvalue weighted by atomic mass is 16.1. The Balaban J connectivity index is 0. The number of carbonyl (C=O) groups excluding carboxylic acids is 1. The summed E-state index contributed by atoms with van der Waals surface area (Å²) in [5, 5.41) is 0. The minimum atomic E-state index is 0. The first-order valence-electron chi connectivity index (χ1n) is 2.70. The number of aryl methyl sites for hydroxylation is 1. The molecule has 0 radical (unpaired) electrons. The first-order valence-corrected chi connectivity index (χ1v) is 2.70. The SMILES string of the molecule is C=O.Cc1ccccc1.N. The zero-order valence-electron chi connectivity index (χ0n) is 6.21. The molecule has 1 aromatic carbocycles. The number of hydrogen-bond acceptors (Lipinski definition) is 2. The van der Waals surface area contributed by atoms with Gasteiger partial charge in [0.15, 0.2) is 0 Å². The van der Waals surface area contributed by atoms with Crippen LogP contribution in [0.3, 0.4) is 0 Å². The molecule has 0 aliphatic rings. The van der Waals surface area contributed by atoms with E-state index in [0.29, 0.717) is 0 Å². The van der Waals surface area contributed by atoms with Gasteiger partial charge in [-0.1, -0.05) is 35.9 Å². The van der Waals surface area contributed by atoms with Gasteiger partial charge in [0, 0.05) is 0 Å². The molecule has 0 aromatic heterocycles. The molecule has 0 unspecified atom stereocenters. The standard InChI is InChI=1S/C7H8.CH2O.H3N/c1-7-5-3-2-4-6-7;1-2;/h2-6H,1H3;1H2;1H3. The lowest BCUT2D eigenvalue weighted by atomic mass is 10.2. The van der Waals surface area contributed by atoms with Gasteiger partial charge in [0.1, 0.15) is 6.79 Å². The van der Waals surface area contributed by atoms with Crippen LogP contribution in [0.4, 0.5) is 0 Å². The topological polar surface area (TPSA) is 52.1 Å². The second-order valence-electron chi connectivity index (χ2n) is 1.65. The van der Waals surface area contributed by atoms with Gasteiger partial charge >= 0.3 is 0 Å². The Morgan fingerprint density at radius 3 is 1.70 bits per heavy atom. The largest absolute Gasteiger partial charge is 0.344 e. The van der Waals surface area contributed by atoms with Gasteiger partial charge in [0.05, 0.1) is 0 Å². The van der Waals surface area contributed by atoms with Crippen molar-refractivity contribution in [3.8, 4) is 0 Å². The Morgan fingerprint density at radius 1 is 1.10 bits per heavy atom. The van der Waals surface area contributed by atoms with E-state index in [2.05, 4.69) is 19.1 Å². The summed E-state index contributed by atoms with van der Waals surface area (Å²) < 4.78 is 0. The molecule has 1 aromatic rings. The third kappa shape index (κ3) is 5.00. The summed E-state index contributed by atoms with van der Waals surface area (Å²) in [5.41, 5.74) is 1.32. The minimum absolute atomic E-state index is 0. The highest BCUT2D eigenvalue weighted by Gasteiger charge is 1.72. The normalized spacial score (nSPS) is 6.50. The molecule has 0 amide bonds. The fourth-order valence-corrected chi connectivity index (χ4v) is 0.534. The molecule has 2 heteroatoms. The van der Waals surface area contributed by atoms with Crippen molar-refractivity contribution in [3.05, 3.63) is 35.9 Å². The van der Waals surface area contributed by atoms with Crippen LogP contribution in [0.25, 0.3) is 0 Å². The first kappa shape index (κ1) is 11.6. The molecule has 0 spiro atoms. The number of hydrogen-bond donors (Lipinski definition) is 1. The number of carbonyl (C=O) groups is 1. The summed E-state index contributed by atoms with van der Waals surface area (Å²) in [7, 11) is 0. The van der Waals surface area contributed by atoms with Crippen molar-refractivity contribution in [2.45, 2.75) is 6.92 Å². The monoisotopic (exact) mass is 139 g/mol. The van der Waals surface area contributed by atoms with E-state index in [4.69, 9.17) is 4.79 Å². The zero-order chi connectivity index (χ0) is 7.11. The lowest BCUT2D eigenvalue weighted by Gasteiger charge is -1.82. The van der Waals surface area contributed by atoms with Crippen LogP contribution in [-0.2, 0) is 4.79 Å². The highest BCUT2D eigenvalue weighted by molar-refractivity contribution is 5.11. The Morgan fingerprint density at radius 2 is 1.50 bits per heavy atom. The van der Waals surface area contributed by atoms with E-state index >= 15 is 0 Å². The van der Waals surface area contributed by atoms with Crippen LogP contribution in [-0.4, -0.2) is 6.79 Å². The Labute approximate surface area is 61.5 Å². The van der Waals surface area contributed by atoms with Gasteiger partial charge in [-0.2, -0.15) is 0 Å². The van der Waals surface area contributed by atoms with Gasteiger partial charge in [-0.3, -0.25) is 0 Å². The fraction of sp³-hybridized carbons (Fsp3) is 0.125. The molecular weight excluding hydrogens is 126 g/mol. The number of rotatable bonds is 0. The molecule has 0 aliphatic heterocycles. The third-order valence-electron chi connectivity index (χ3n) is 0.940. The van der Waals surface area contributed by atoms with Gasteiger partial charge in [0.2, 0.25) is 0 Å². The summed E-state index contributed by atoms with van der Waals surface area (Å²) in [6.45, 7) is 4.08. The molecule has 0 heterocycles. The maximum absolute atomic E-state index is 8.00. The maximum atomic E-state index is 8.00. The first-order chi connectivity index (χ1) is 4.39. The van der Waals surface area contributed by atoms with Gasteiger partial charge < -0.3 is 10.9 Å². The molecule has 1 rings (SSSR count). The van der Waals surface area contributed by atoms with Crippen molar-refractivity contribution in [1.82, 2.24) is 6.15 Å². The van der Waals surface area contributed by atoms with Crippen LogP contribution >= 0.6 is 0 Å². The van der Waals surface area contributed by atoms with Crippen LogP contribution < -0.4 is 6.15 Å². The average Bonchev–Trinajstić information content (AvgIpc) is 1.94. The molecule has 0 fully saturated rings. The van der Waals surface area contributed by atoms with Gasteiger partial charge in [0.25, 0.3) is 0 Å². The van der Waals surface area contributed by atoms with Crippen LogP contribution in [0.15, 0.2) is 30.3 Å². The highest BCUT2D eigenvalue weighted by Crippen LogP contribution is 1.92. The van der Waals surface area contributed by atoms with E-state index in [1.807, 2.05) is 25.0 Å². The predicted molar refractivity (Wildman–Crippen MR) is 43.3 cm³/mol. The summed E-state index contributed by atoms with van der Waals surface area (Å²) in [6, 6.07) is 10.3. The summed E-state index contributed by atoms with van der Waals surface area (Å²) in [4.78, 5) is 8.00. The molecule has 10 heavy (non-hydrogen) atoms. The van der Waals surface area contributed by atoms with Gasteiger partial charge in [-0.05, 0) is 6.92 Å². The van der Waals surface area contributed by atoms with Crippen molar-refractivity contribution >= 4 is 6.79 Å². The lowest BCUT2D eigenvalue weighted by Crippen LogP contribution is -1.62. The van der Waals surface area contributed by atoms with Crippen molar-refractivity contribution in [2.75, 3.05) is 0 Å². The summed E-state index contributed by atoms with van der Waals surface area (Å²) in [5.74, 6) is 0. The molecule has 0 aliphatic carbocycles. The minimum Gasteiger partial charge on any atom is -0.344 e. The van der Waals surface area contributed by atoms with Crippen molar-refractivity contribution < 1.29 is 4.79 Å². The molecule has 0 saturated carbocycles. The molecule has 56 valence electrons. The van der Waals surface area contributed by atoms with E-state index in [-0.39, 0.29) is 6.15 Å². The Kier molecular flexibility index (Phi) is 9.12. The van der Waals surface area contributed by atoms with Crippen LogP contribution in [0, 0.1) is 6.92 Å². The molecule has 0 atom stereocenters. The molecule has 3 N–H and O–H groups in total. The number of benzene rings is 1. The average molecular weight is 139 g/mol. The Bertz CT molecular complexity index is 151. The molecule has 2 nitrogen and oxygen atoms in total. The molecule has 0 bridgehead atoms. The van der Waals surface area contributed by atoms with E-state index in [0.717, 1.165) is 0 Å². The fourth-order valence-electron chi connectivity index (χ4n) is 0.534. The lowest BCUT2D eigenvalue weighted by molar-refractivity contribution is -0.0979. The van der Waals surface area contributed by atoms with Crippen molar-refractivity contribution in [1.29, 1.82) is 0 Å². The van der Waals surface area contributed by atoms with Crippen molar-refractivity contribution in [2.24, 2.45) is 0 Å². The third-order valence-corrected chi connectivity index (χ3v) is 0.940. The smallest absolute Gasteiger partial charge is 0.106 e. The van der Waals surface area contributed by atoms with E-state index in [1.165, 1.54) is 5.56 Å². The van der Waals surface area contributed by atoms with Gasteiger partial charge in [-0.15, -0.1) is 0 Å². The van der Waals surface area contributed by atoms with Crippen LogP contribution in [0.1, 0.15) is 5.56 Å². The predicted octanol–water partition coefficient (Wildman–Crippen LogP) is 1.97. The van der Waals surface area contributed by atoms with E-state index < -0.39 is 0 Å². The van der Waals surface area contributed by atoms with Gasteiger partial charge in [-0.25, -0.2) is 0 Å². The zero-order valence-corrected chi connectivity index (χ0v) is 6.21. The van der Waals surface area contributed by atoms with E-state index in [9.17, 15) is 0 Å². The quantitative estimate of drug-likeness (QED) is 0.597. The molecular formula is C8H13NO. The van der Waals surface area contributed by atoms with E-state index in [1.54, 1.807) is 0 Å². The maximum Gasteiger partial charge on any atom is 0.106 e. The van der Waals surface area contributed by atoms with Crippen molar-refractivity contribution in [3.63, 3.8) is 0 Å². The Hall–Kier alpha value is -1.15. The summed E-state index contributed by atoms with van der Waals surface area (Å²) in [6.07, 6.45) is 0. The second-order valence-corrected chi connectivity index (χ2v) is 1.65. The second kappa shape index (κ2) is 7.85. The summed E-state index contributed by atoms with van der Waals surface area (Å²) >= 11 is 0. The van der Waals surface area contributed by atoms with Crippen LogP contribution in [0.2, 0.25) is 0 Å².